The Kier molecular flexibility index (Phi) is 11.3. The van der Waals surface area contributed by atoms with Crippen molar-refractivity contribution >= 4 is 52.6 Å². The van der Waals surface area contributed by atoms with Gasteiger partial charge in [-0.15, -0.1) is 11.8 Å². The minimum absolute atomic E-state index is 0.104. The molecule has 0 heterocycles. The summed E-state index contributed by atoms with van der Waals surface area (Å²) in [5.74, 6) is -3.59. The van der Waals surface area contributed by atoms with Gasteiger partial charge in [0.1, 0.15) is 18.6 Å². The van der Waals surface area contributed by atoms with Gasteiger partial charge in [0.2, 0.25) is 11.8 Å². The number of rotatable bonds is 14. The zero-order chi connectivity index (χ0) is 26.5. The number of nitrogens with zero attached hydrogens (tertiary/aromatic N) is 2. The Hall–Kier alpha value is -3.97. The number of amides is 2. The van der Waals surface area contributed by atoms with Crippen LogP contribution in [0.4, 0.5) is 17.1 Å². The second-order valence-electron chi connectivity index (χ2n) is 7.52. The van der Waals surface area contributed by atoms with E-state index >= 15 is 0 Å². The molecule has 0 saturated carbocycles. The average molecular weight is 517 g/mol. The minimum atomic E-state index is -1.23. The average Bonchev–Trinajstić information content (AvgIpc) is 2.87. The highest BCUT2D eigenvalue weighted by Crippen LogP contribution is 2.24. The number of aliphatic carboxylic acids is 2. The van der Waals surface area contributed by atoms with Crippen molar-refractivity contribution in [3.05, 3.63) is 48.5 Å². The first-order valence-electron chi connectivity index (χ1n) is 10.9. The smallest absolute Gasteiger partial charge is 0.322 e. The van der Waals surface area contributed by atoms with E-state index in [4.69, 9.17) is 15.9 Å². The molecule has 2 rings (SSSR count). The van der Waals surface area contributed by atoms with Crippen molar-refractivity contribution in [2.75, 3.05) is 24.7 Å². The van der Waals surface area contributed by atoms with E-state index in [9.17, 15) is 19.2 Å². The highest BCUT2D eigenvalue weighted by molar-refractivity contribution is 7.99. The van der Waals surface area contributed by atoms with Gasteiger partial charge < -0.3 is 31.9 Å². The van der Waals surface area contributed by atoms with Gasteiger partial charge in [-0.2, -0.15) is 10.2 Å². The molecule has 0 bridgehead atoms. The quantitative estimate of drug-likeness (QED) is 0.161. The molecule has 0 radical (unpaired) electrons. The number of thioether (sulfide) groups is 1. The topological polar surface area (TPSA) is 196 Å². The second kappa shape index (κ2) is 14.4. The van der Waals surface area contributed by atoms with Crippen molar-refractivity contribution in [1.29, 1.82) is 0 Å². The molecule has 13 heteroatoms. The Labute approximate surface area is 211 Å². The molecule has 2 amide bonds. The van der Waals surface area contributed by atoms with E-state index in [0.717, 1.165) is 10.6 Å². The molecule has 2 aromatic carbocycles. The Morgan fingerprint density at radius 3 is 2.08 bits per heavy atom. The third kappa shape index (κ3) is 10.1. The minimum Gasteiger partial charge on any atom is -0.480 e. The number of carboxylic acid groups (broad SMARTS) is 2. The summed E-state index contributed by atoms with van der Waals surface area (Å²) < 4.78 is 0. The molecular weight excluding hydrogens is 488 g/mol. The molecule has 0 aliphatic rings. The van der Waals surface area contributed by atoms with Crippen molar-refractivity contribution in [3.63, 3.8) is 0 Å². The van der Waals surface area contributed by atoms with Crippen LogP contribution in [0.25, 0.3) is 0 Å². The van der Waals surface area contributed by atoms with E-state index in [1.54, 1.807) is 24.3 Å². The molecule has 0 aromatic heterocycles. The third-order valence-corrected chi connectivity index (χ3v) is 5.86. The van der Waals surface area contributed by atoms with Crippen LogP contribution in [0.3, 0.4) is 0 Å². The summed E-state index contributed by atoms with van der Waals surface area (Å²) in [6.45, 7) is -0.600. The van der Waals surface area contributed by atoms with Gasteiger partial charge in [0, 0.05) is 29.8 Å². The third-order valence-electron chi connectivity index (χ3n) is 4.76. The predicted octanol–water partition coefficient (Wildman–Crippen LogP) is 2.11. The SMILES string of the molecule is CNc1ccc(N=Nc2ccc(SC[C@H](NC(=O)CC[C@H](N)C(=O)O)C(=O)NCC(=O)O)cc2)cc1. The molecule has 12 nitrogen and oxygen atoms in total. The van der Waals surface area contributed by atoms with E-state index in [1.807, 2.05) is 31.3 Å². The van der Waals surface area contributed by atoms with E-state index in [0.29, 0.717) is 11.4 Å². The zero-order valence-corrected chi connectivity index (χ0v) is 20.3. The first kappa shape index (κ1) is 28.3. The Balaban J connectivity index is 1.97. The maximum absolute atomic E-state index is 12.4. The highest BCUT2D eigenvalue weighted by atomic mass is 32.2. The summed E-state index contributed by atoms with van der Waals surface area (Å²) in [7, 11) is 1.83. The van der Waals surface area contributed by atoms with Gasteiger partial charge in [0.05, 0.1) is 11.4 Å². The summed E-state index contributed by atoms with van der Waals surface area (Å²) in [6.07, 6.45) is -0.300. The number of carboxylic acids is 2. The fraction of sp³-hybridized carbons (Fsp3) is 0.304. The van der Waals surface area contributed by atoms with Crippen molar-refractivity contribution < 1.29 is 29.4 Å². The van der Waals surface area contributed by atoms with Crippen molar-refractivity contribution in [1.82, 2.24) is 10.6 Å². The number of carbonyl (C=O) groups is 4. The van der Waals surface area contributed by atoms with Crippen LogP contribution >= 0.6 is 11.8 Å². The van der Waals surface area contributed by atoms with Crippen LogP contribution in [-0.4, -0.2) is 65.4 Å². The van der Waals surface area contributed by atoms with Crippen molar-refractivity contribution in [3.8, 4) is 0 Å². The summed E-state index contributed by atoms with van der Waals surface area (Å²) in [5.41, 5.74) is 7.69. The molecule has 0 aliphatic carbocycles. The van der Waals surface area contributed by atoms with Gasteiger partial charge in [-0.25, -0.2) is 0 Å². The lowest BCUT2D eigenvalue weighted by Gasteiger charge is -2.18. The lowest BCUT2D eigenvalue weighted by atomic mass is 10.1. The molecule has 0 saturated heterocycles. The van der Waals surface area contributed by atoms with Gasteiger partial charge in [-0.3, -0.25) is 19.2 Å². The van der Waals surface area contributed by atoms with Crippen molar-refractivity contribution in [2.24, 2.45) is 16.0 Å². The van der Waals surface area contributed by atoms with Crippen LogP contribution in [0.1, 0.15) is 12.8 Å². The van der Waals surface area contributed by atoms with Gasteiger partial charge in [0.25, 0.3) is 0 Å². The lowest BCUT2D eigenvalue weighted by molar-refractivity contribution is -0.139. The van der Waals surface area contributed by atoms with Gasteiger partial charge >= 0.3 is 11.9 Å². The molecular formula is C23H28N6O6S. The zero-order valence-electron chi connectivity index (χ0n) is 19.5. The molecule has 0 spiro atoms. The molecule has 0 aliphatic heterocycles. The summed E-state index contributed by atoms with van der Waals surface area (Å²) in [4.78, 5) is 47.0. The first-order chi connectivity index (χ1) is 17.2. The van der Waals surface area contributed by atoms with E-state index in [-0.39, 0.29) is 18.6 Å². The Morgan fingerprint density at radius 1 is 0.972 bits per heavy atom. The highest BCUT2D eigenvalue weighted by Gasteiger charge is 2.22. The number of carbonyl (C=O) groups excluding carboxylic acids is 2. The molecule has 2 atom stereocenters. The van der Waals surface area contributed by atoms with Gasteiger partial charge in [-0.1, -0.05) is 0 Å². The molecule has 0 fully saturated rings. The molecule has 7 N–H and O–H groups in total. The maximum Gasteiger partial charge on any atom is 0.322 e. The van der Waals surface area contributed by atoms with Crippen LogP contribution in [0.5, 0.6) is 0 Å². The number of benzene rings is 2. The maximum atomic E-state index is 12.4. The molecule has 36 heavy (non-hydrogen) atoms. The van der Waals surface area contributed by atoms with Crippen LogP contribution in [0.15, 0.2) is 63.7 Å². The van der Waals surface area contributed by atoms with Crippen molar-refractivity contribution in [2.45, 2.75) is 29.8 Å². The van der Waals surface area contributed by atoms with E-state index in [1.165, 1.54) is 11.8 Å². The molecule has 192 valence electrons. The lowest BCUT2D eigenvalue weighted by Crippen LogP contribution is -2.49. The number of nitrogens with two attached hydrogens (primary N) is 1. The Morgan fingerprint density at radius 2 is 1.56 bits per heavy atom. The standard InChI is InChI=1S/C23H28N6O6S/c1-25-14-2-4-15(5-3-14)28-29-16-6-8-17(9-7-16)36-13-19(22(33)26-12-21(31)32)27-20(30)11-10-18(24)23(34)35/h2-9,18-19,25H,10-13,24H2,1H3,(H,26,33)(H,27,30)(H,31,32)(H,34,35)/t18-,19-/m0/s1. The van der Waals surface area contributed by atoms with Gasteiger partial charge in [-0.05, 0) is 55.0 Å². The largest absolute Gasteiger partial charge is 0.480 e. The summed E-state index contributed by atoms with van der Waals surface area (Å²) >= 11 is 1.27. The predicted molar refractivity (Wildman–Crippen MR) is 135 cm³/mol. The number of hydrogen-bond donors (Lipinski definition) is 6. The molecule has 0 unspecified atom stereocenters. The monoisotopic (exact) mass is 516 g/mol. The van der Waals surface area contributed by atoms with E-state index < -0.39 is 42.4 Å². The van der Waals surface area contributed by atoms with E-state index in [2.05, 4.69) is 26.2 Å². The fourth-order valence-corrected chi connectivity index (χ4v) is 3.67. The first-order valence-corrected chi connectivity index (χ1v) is 11.9. The van der Waals surface area contributed by atoms with Crippen LogP contribution in [0.2, 0.25) is 0 Å². The Bertz CT molecular complexity index is 1080. The van der Waals surface area contributed by atoms with Crippen LogP contribution < -0.4 is 21.7 Å². The summed E-state index contributed by atoms with van der Waals surface area (Å²) in [6, 6.07) is 12.3. The number of hydrogen-bond acceptors (Lipinski definition) is 9. The molecule has 2 aromatic rings. The van der Waals surface area contributed by atoms with Gasteiger partial charge in [0.15, 0.2) is 0 Å². The fourth-order valence-electron chi connectivity index (χ4n) is 2.74. The van der Waals surface area contributed by atoms with Crippen LogP contribution in [0, 0.1) is 0 Å². The number of nitrogens with one attached hydrogen (secondary N) is 3. The number of azo groups is 1. The normalized spacial score (nSPS) is 12.5. The van der Waals surface area contributed by atoms with Crippen LogP contribution in [-0.2, 0) is 19.2 Å². The summed E-state index contributed by atoms with van der Waals surface area (Å²) in [5, 5.41) is 33.8. The second-order valence-corrected chi connectivity index (χ2v) is 8.61. The number of anilines is 1.